The van der Waals surface area contributed by atoms with E-state index in [1.807, 2.05) is 25.1 Å². The van der Waals surface area contributed by atoms with E-state index in [2.05, 4.69) is 5.32 Å². The number of likely N-dealkylation sites (tertiary alicyclic amines) is 1. The van der Waals surface area contributed by atoms with Crippen molar-refractivity contribution in [3.63, 3.8) is 0 Å². The second kappa shape index (κ2) is 6.22. The lowest BCUT2D eigenvalue weighted by molar-refractivity contribution is 0.117. The van der Waals surface area contributed by atoms with E-state index in [9.17, 15) is 9.59 Å². The van der Waals surface area contributed by atoms with Crippen LogP contribution in [0.4, 0.5) is 15.3 Å². The maximum absolute atomic E-state index is 11.7. The summed E-state index contributed by atoms with van der Waals surface area (Å²) in [4.78, 5) is 24.9. The minimum atomic E-state index is -0.735. The number of hydrogen-bond acceptors (Lipinski definition) is 3. The summed E-state index contributed by atoms with van der Waals surface area (Å²) in [5, 5.41) is 2.54. The number of ether oxygens (including phenoxy) is 1. The second-order valence-corrected chi connectivity index (χ2v) is 4.70. The molecule has 102 valence electrons. The Morgan fingerprint density at radius 3 is 2.63 bits per heavy atom. The molecule has 5 heteroatoms. The average Bonchev–Trinajstić information content (AvgIpc) is 2.39. The fraction of sp³-hybridized carbons (Fsp3) is 0.429. The van der Waals surface area contributed by atoms with Crippen molar-refractivity contribution in [2.75, 3.05) is 18.4 Å². The minimum absolute atomic E-state index is 0.565. The van der Waals surface area contributed by atoms with Crippen molar-refractivity contribution in [2.24, 2.45) is 0 Å². The van der Waals surface area contributed by atoms with Crippen molar-refractivity contribution in [1.29, 1.82) is 0 Å². The molecule has 2 amide bonds. The SMILES string of the molecule is Cc1cccc(NC(=O)OC(=O)N2CCCCC2)c1. The van der Waals surface area contributed by atoms with E-state index in [0.29, 0.717) is 18.8 Å². The number of carbonyl (C=O) groups is 2. The molecule has 1 saturated heterocycles. The number of amides is 2. The van der Waals surface area contributed by atoms with Gasteiger partial charge in [-0.3, -0.25) is 5.32 Å². The molecule has 0 atom stereocenters. The third-order valence-corrected chi connectivity index (χ3v) is 3.06. The van der Waals surface area contributed by atoms with Crippen molar-refractivity contribution >= 4 is 17.9 Å². The van der Waals surface area contributed by atoms with Crippen molar-refractivity contribution in [3.05, 3.63) is 29.8 Å². The Morgan fingerprint density at radius 2 is 1.95 bits per heavy atom. The van der Waals surface area contributed by atoms with Crippen LogP contribution in [0.3, 0.4) is 0 Å². The molecule has 19 heavy (non-hydrogen) atoms. The third kappa shape index (κ3) is 3.98. The molecule has 0 radical (unpaired) electrons. The van der Waals surface area contributed by atoms with Crippen LogP contribution in [0.25, 0.3) is 0 Å². The Morgan fingerprint density at radius 1 is 1.21 bits per heavy atom. The molecule has 0 saturated carbocycles. The number of rotatable bonds is 1. The predicted octanol–water partition coefficient (Wildman–Crippen LogP) is 3.15. The molecular weight excluding hydrogens is 244 g/mol. The quantitative estimate of drug-likeness (QED) is 0.791. The van der Waals surface area contributed by atoms with Gasteiger partial charge in [0.1, 0.15) is 0 Å². The highest BCUT2D eigenvalue weighted by Crippen LogP contribution is 2.12. The van der Waals surface area contributed by atoms with Crippen molar-refractivity contribution in [3.8, 4) is 0 Å². The van der Waals surface area contributed by atoms with Gasteiger partial charge in [0.15, 0.2) is 0 Å². The summed E-state index contributed by atoms with van der Waals surface area (Å²) < 4.78 is 4.77. The van der Waals surface area contributed by atoms with Gasteiger partial charge >= 0.3 is 12.2 Å². The van der Waals surface area contributed by atoms with Gasteiger partial charge in [-0.25, -0.2) is 9.59 Å². The molecule has 0 aromatic heterocycles. The number of piperidine rings is 1. The largest absolute Gasteiger partial charge is 0.420 e. The summed E-state index contributed by atoms with van der Waals surface area (Å²) in [6.45, 7) is 3.25. The zero-order chi connectivity index (χ0) is 13.7. The van der Waals surface area contributed by atoms with Crippen molar-refractivity contribution < 1.29 is 14.3 Å². The summed E-state index contributed by atoms with van der Waals surface area (Å²) >= 11 is 0. The first-order valence-corrected chi connectivity index (χ1v) is 6.49. The van der Waals surface area contributed by atoms with E-state index >= 15 is 0 Å². The van der Waals surface area contributed by atoms with Gasteiger partial charge in [0.25, 0.3) is 0 Å². The standard InChI is InChI=1S/C14H18N2O3/c1-11-6-5-7-12(10-11)15-13(17)19-14(18)16-8-3-2-4-9-16/h5-7,10H,2-4,8-9H2,1H3,(H,15,17). The second-order valence-electron chi connectivity index (χ2n) is 4.70. The van der Waals surface area contributed by atoms with Crippen LogP contribution in [0, 0.1) is 6.92 Å². The molecule has 2 rings (SSSR count). The topological polar surface area (TPSA) is 58.6 Å². The predicted molar refractivity (Wildman–Crippen MR) is 72.1 cm³/mol. The molecule has 1 fully saturated rings. The summed E-state index contributed by atoms with van der Waals surface area (Å²) in [6, 6.07) is 7.32. The molecule has 1 aromatic carbocycles. The lowest BCUT2D eigenvalue weighted by Gasteiger charge is -2.25. The van der Waals surface area contributed by atoms with E-state index in [4.69, 9.17) is 4.74 Å². The first-order chi connectivity index (χ1) is 9.15. The molecule has 0 aliphatic carbocycles. The van der Waals surface area contributed by atoms with E-state index in [1.54, 1.807) is 11.0 Å². The summed E-state index contributed by atoms with van der Waals surface area (Å²) in [7, 11) is 0. The molecule has 1 aliphatic rings. The monoisotopic (exact) mass is 262 g/mol. The lowest BCUT2D eigenvalue weighted by atomic mass is 10.1. The number of aryl methyl sites for hydroxylation is 1. The van der Waals surface area contributed by atoms with E-state index in [0.717, 1.165) is 24.8 Å². The molecule has 1 aromatic rings. The van der Waals surface area contributed by atoms with Crippen LogP contribution in [-0.4, -0.2) is 30.2 Å². The van der Waals surface area contributed by atoms with Crippen LogP contribution >= 0.6 is 0 Å². The molecule has 0 spiro atoms. The number of nitrogens with one attached hydrogen (secondary N) is 1. The van der Waals surface area contributed by atoms with Crippen LogP contribution < -0.4 is 5.32 Å². The Kier molecular flexibility index (Phi) is 4.39. The fourth-order valence-corrected chi connectivity index (χ4v) is 2.09. The maximum atomic E-state index is 11.7. The number of hydrogen-bond donors (Lipinski definition) is 1. The van der Waals surface area contributed by atoms with Gasteiger partial charge in [0.2, 0.25) is 0 Å². The van der Waals surface area contributed by atoms with E-state index in [1.165, 1.54) is 0 Å². The molecule has 0 bridgehead atoms. The van der Waals surface area contributed by atoms with Crippen LogP contribution in [0.1, 0.15) is 24.8 Å². The van der Waals surface area contributed by atoms with E-state index < -0.39 is 12.2 Å². The highest BCUT2D eigenvalue weighted by atomic mass is 16.6. The number of nitrogens with zero attached hydrogens (tertiary/aromatic N) is 1. The molecule has 1 heterocycles. The summed E-state index contributed by atoms with van der Waals surface area (Å²) in [5.74, 6) is 0. The highest BCUT2D eigenvalue weighted by Gasteiger charge is 2.20. The molecule has 5 nitrogen and oxygen atoms in total. The first-order valence-electron chi connectivity index (χ1n) is 6.49. The van der Waals surface area contributed by atoms with Gasteiger partial charge in [0, 0.05) is 18.8 Å². The van der Waals surface area contributed by atoms with Crippen LogP contribution in [-0.2, 0) is 4.74 Å². The lowest BCUT2D eigenvalue weighted by Crippen LogP contribution is -2.37. The smallest absolute Gasteiger partial charge is 0.359 e. The van der Waals surface area contributed by atoms with Crippen molar-refractivity contribution in [2.45, 2.75) is 26.2 Å². The molecule has 1 aliphatic heterocycles. The minimum Gasteiger partial charge on any atom is -0.359 e. The molecule has 0 unspecified atom stereocenters. The Balaban J connectivity index is 1.85. The molecule has 1 N–H and O–H groups in total. The highest BCUT2D eigenvalue weighted by molar-refractivity contribution is 5.92. The zero-order valence-corrected chi connectivity index (χ0v) is 11.0. The normalized spacial score (nSPS) is 14.9. The number of benzene rings is 1. The van der Waals surface area contributed by atoms with Gasteiger partial charge in [-0.15, -0.1) is 0 Å². The number of carbonyl (C=O) groups excluding carboxylic acids is 2. The Bertz CT molecular complexity index is 468. The molecular formula is C14H18N2O3. The fourth-order valence-electron chi connectivity index (χ4n) is 2.09. The first kappa shape index (κ1) is 13.4. The van der Waals surface area contributed by atoms with Crippen LogP contribution in [0.15, 0.2) is 24.3 Å². The maximum Gasteiger partial charge on any atom is 0.420 e. The van der Waals surface area contributed by atoms with Gasteiger partial charge < -0.3 is 9.64 Å². The Hall–Kier alpha value is -2.04. The number of anilines is 1. The third-order valence-electron chi connectivity index (χ3n) is 3.06. The Labute approximate surface area is 112 Å². The average molecular weight is 262 g/mol. The van der Waals surface area contributed by atoms with Crippen molar-refractivity contribution in [1.82, 2.24) is 4.90 Å². The van der Waals surface area contributed by atoms with Gasteiger partial charge in [0.05, 0.1) is 0 Å². The van der Waals surface area contributed by atoms with Crippen LogP contribution in [0.2, 0.25) is 0 Å². The van der Waals surface area contributed by atoms with Crippen LogP contribution in [0.5, 0.6) is 0 Å². The van der Waals surface area contributed by atoms with Gasteiger partial charge in [-0.2, -0.15) is 0 Å². The van der Waals surface area contributed by atoms with Gasteiger partial charge in [-0.1, -0.05) is 12.1 Å². The van der Waals surface area contributed by atoms with E-state index in [-0.39, 0.29) is 0 Å². The summed E-state index contributed by atoms with van der Waals surface area (Å²) in [6.07, 6.45) is 1.76. The summed E-state index contributed by atoms with van der Waals surface area (Å²) in [5.41, 5.74) is 1.65. The van der Waals surface area contributed by atoms with Gasteiger partial charge in [-0.05, 0) is 43.9 Å². The zero-order valence-electron chi connectivity index (χ0n) is 11.0.